The first-order chi connectivity index (χ1) is 4.88. The maximum atomic E-state index is 4.98. The number of aromatic nitrogens is 1. The Kier molecular flexibility index (Phi) is 2.10. The average molecular weight is 137 g/mol. The second kappa shape index (κ2) is 3.06. The van der Waals surface area contributed by atoms with Crippen LogP contribution in [-0.2, 0) is 0 Å². The zero-order valence-corrected chi connectivity index (χ0v) is 6.03. The number of hydrogen-bond donors (Lipinski definition) is 0. The van der Waals surface area contributed by atoms with E-state index in [9.17, 15) is 0 Å². The fourth-order valence-electron chi connectivity index (χ4n) is 0.709. The van der Waals surface area contributed by atoms with E-state index in [-0.39, 0.29) is 0 Å². The normalized spacial score (nSPS) is 9.00. The lowest BCUT2D eigenvalue weighted by Crippen LogP contribution is -1.94. The number of nitrogens with zero attached hydrogens (tertiary/aromatic N) is 2. The Balaban J connectivity index is 2.96. The lowest BCUT2D eigenvalue weighted by Gasteiger charge is -2.02. The van der Waals surface area contributed by atoms with Crippen LogP contribution in [0.15, 0.2) is 18.3 Å². The highest BCUT2D eigenvalue weighted by Crippen LogP contribution is 2.18. The average Bonchev–Trinajstić information content (AvgIpc) is 2.04. The Bertz CT molecular complexity index is 190. The van der Waals surface area contributed by atoms with Crippen molar-refractivity contribution in [3.8, 4) is 5.75 Å². The molecule has 1 heterocycles. The molecule has 1 aromatic rings. The number of hydrogen-bond acceptors (Lipinski definition) is 2. The summed E-state index contributed by atoms with van der Waals surface area (Å²) < 4.78 is 4.98. The van der Waals surface area contributed by atoms with E-state index in [4.69, 9.17) is 4.74 Å². The fraction of sp³-hybridized carbons (Fsp3) is 0.286. The maximum absolute atomic E-state index is 4.98. The van der Waals surface area contributed by atoms with Crippen LogP contribution in [0.3, 0.4) is 0 Å². The van der Waals surface area contributed by atoms with E-state index in [0.29, 0.717) is 11.6 Å². The lowest BCUT2D eigenvalue weighted by molar-refractivity contribution is 0.412. The first-order valence-electron chi connectivity index (χ1n) is 2.97. The van der Waals surface area contributed by atoms with Gasteiger partial charge >= 0.3 is 0 Å². The molecule has 0 saturated carbocycles. The van der Waals surface area contributed by atoms with Crippen molar-refractivity contribution in [3.05, 3.63) is 18.3 Å². The van der Waals surface area contributed by atoms with Crippen molar-refractivity contribution in [1.29, 1.82) is 0 Å². The topological polar surface area (TPSA) is 36.2 Å². The molecule has 0 bridgehead atoms. The van der Waals surface area contributed by atoms with Crippen LogP contribution in [-0.4, -0.2) is 19.1 Å². The predicted octanol–water partition coefficient (Wildman–Crippen LogP) is 0.956. The molecular weight excluding hydrogens is 128 g/mol. The summed E-state index contributed by atoms with van der Waals surface area (Å²) in [6, 6.07) is 3.64. The van der Waals surface area contributed by atoms with E-state index in [1.165, 1.54) is 0 Å². The lowest BCUT2D eigenvalue weighted by atomic mass is 10.4. The fourth-order valence-corrected chi connectivity index (χ4v) is 0.709. The smallest absolute Gasteiger partial charge is 0.190 e. The minimum atomic E-state index is 0.644. The summed E-state index contributed by atoms with van der Waals surface area (Å²) in [7, 11) is 3.29. The number of methoxy groups -OCH3 is 1. The van der Waals surface area contributed by atoms with Crippen LogP contribution in [0.25, 0.3) is 0 Å². The van der Waals surface area contributed by atoms with Crippen LogP contribution >= 0.6 is 0 Å². The van der Waals surface area contributed by atoms with Gasteiger partial charge in [0.05, 0.1) is 7.11 Å². The van der Waals surface area contributed by atoms with E-state index >= 15 is 0 Å². The molecule has 0 fully saturated rings. The van der Waals surface area contributed by atoms with Gasteiger partial charge in [-0.2, -0.15) is 0 Å². The summed E-state index contributed by atoms with van der Waals surface area (Å²) in [5.74, 6) is 1.36. The van der Waals surface area contributed by atoms with E-state index in [1.807, 2.05) is 12.1 Å². The van der Waals surface area contributed by atoms with Gasteiger partial charge in [-0.15, -0.1) is 0 Å². The summed E-state index contributed by atoms with van der Waals surface area (Å²) in [6.45, 7) is 0. The zero-order chi connectivity index (χ0) is 7.40. The van der Waals surface area contributed by atoms with Gasteiger partial charge in [0.1, 0.15) is 0 Å². The van der Waals surface area contributed by atoms with Gasteiger partial charge < -0.3 is 4.74 Å². The molecule has 1 radical (unpaired) electrons. The monoisotopic (exact) mass is 137 g/mol. The van der Waals surface area contributed by atoms with Crippen LogP contribution in [0, 0.1) is 0 Å². The highest BCUT2D eigenvalue weighted by Gasteiger charge is 1.98. The van der Waals surface area contributed by atoms with Gasteiger partial charge in [0.2, 0.25) is 0 Å². The molecule has 1 aromatic heterocycles. The molecule has 0 aliphatic carbocycles. The van der Waals surface area contributed by atoms with Crippen molar-refractivity contribution in [2.75, 3.05) is 14.2 Å². The van der Waals surface area contributed by atoms with Gasteiger partial charge in [-0.05, 0) is 12.1 Å². The van der Waals surface area contributed by atoms with E-state index in [2.05, 4.69) is 10.3 Å². The highest BCUT2D eigenvalue weighted by atomic mass is 16.5. The Hall–Kier alpha value is -1.25. The van der Waals surface area contributed by atoms with Gasteiger partial charge in [-0.3, -0.25) is 5.32 Å². The molecular formula is C7H9N2O. The van der Waals surface area contributed by atoms with Crippen LogP contribution in [0.1, 0.15) is 0 Å². The van der Waals surface area contributed by atoms with Gasteiger partial charge in [0.25, 0.3) is 0 Å². The molecule has 0 amide bonds. The van der Waals surface area contributed by atoms with Gasteiger partial charge in [-0.25, -0.2) is 4.98 Å². The van der Waals surface area contributed by atoms with Crippen molar-refractivity contribution in [3.63, 3.8) is 0 Å². The Labute approximate surface area is 60.0 Å². The summed E-state index contributed by atoms with van der Waals surface area (Å²) in [6.07, 6.45) is 1.69. The molecule has 3 nitrogen and oxygen atoms in total. The van der Waals surface area contributed by atoms with Crippen molar-refractivity contribution in [2.24, 2.45) is 0 Å². The Morgan fingerprint density at radius 1 is 1.60 bits per heavy atom. The highest BCUT2D eigenvalue weighted by molar-refractivity contribution is 5.42. The molecule has 0 N–H and O–H groups in total. The molecule has 0 aliphatic rings. The SMILES string of the molecule is C[N]c1ncccc1OC. The van der Waals surface area contributed by atoms with Crippen LogP contribution < -0.4 is 10.1 Å². The van der Waals surface area contributed by atoms with E-state index < -0.39 is 0 Å². The van der Waals surface area contributed by atoms with Crippen molar-refractivity contribution in [2.45, 2.75) is 0 Å². The second-order valence-corrected chi connectivity index (χ2v) is 1.75. The minimum Gasteiger partial charge on any atom is -0.493 e. The summed E-state index contributed by atoms with van der Waals surface area (Å²) in [5.41, 5.74) is 0. The molecule has 1 rings (SSSR count). The molecule has 0 aliphatic heterocycles. The first kappa shape index (κ1) is 6.86. The Morgan fingerprint density at radius 3 is 2.90 bits per heavy atom. The van der Waals surface area contributed by atoms with Gasteiger partial charge in [0, 0.05) is 13.2 Å². The van der Waals surface area contributed by atoms with Crippen molar-refractivity contribution in [1.82, 2.24) is 10.3 Å². The standard InChI is InChI=1S/C7H9N2O/c1-8-7-6(10-2)4-3-5-9-7/h3-5H,1-2H3. The van der Waals surface area contributed by atoms with Gasteiger partial charge in [-0.1, -0.05) is 0 Å². The molecule has 0 aromatic carbocycles. The summed E-state index contributed by atoms with van der Waals surface area (Å²) >= 11 is 0. The van der Waals surface area contributed by atoms with E-state index in [1.54, 1.807) is 20.4 Å². The predicted molar refractivity (Wildman–Crippen MR) is 38.5 cm³/mol. The first-order valence-corrected chi connectivity index (χ1v) is 2.97. The maximum Gasteiger partial charge on any atom is 0.190 e. The Morgan fingerprint density at radius 2 is 2.40 bits per heavy atom. The third kappa shape index (κ3) is 1.18. The molecule has 53 valence electrons. The summed E-state index contributed by atoms with van der Waals surface area (Å²) in [4.78, 5) is 3.98. The van der Waals surface area contributed by atoms with E-state index in [0.717, 1.165) is 0 Å². The molecule has 3 heteroatoms. The number of pyridine rings is 1. The van der Waals surface area contributed by atoms with Gasteiger partial charge in [0.15, 0.2) is 11.6 Å². The zero-order valence-electron chi connectivity index (χ0n) is 6.03. The molecule has 10 heavy (non-hydrogen) atoms. The van der Waals surface area contributed by atoms with Crippen molar-refractivity contribution < 1.29 is 4.74 Å². The quantitative estimate of drug-likeness (QED) is 0.608. The molecule has 0 unspecified atom stereocenters. The second-order valence-electron chi connectivity index (χ2n) is 1.75. The van der Waals surface area contributed by atoms with Crippen molar-refractivity contribution >= 4 is 5.82 Å². The molecule has 0 saturated heterocycles. The third-order valence-corrected chi connectivity index (χ3v) is 1.18. The number of ether oxygens (including phenoxy) is 1. The van der Waals surface area contributed by atoms with Crippen LogP contribution in [0.4, 0.5) is 5.82 Å². The third-order valence-electron chi connectivity index (χ3n) is 1.18. The minimum absolute atomic E-state index is 0.644. The largest absolute Gasteiger partial charge is 0.493 e. The van der Waals surface area contributed by atoms with Crippen LogP contribution in [0.5, 0.6) is 5.75 Å². The summed E-state index contributed by atoms with van der Waals surface area (Å²) in [5, 5.41) is 3.91. The molecule has 0 atom stereocenters. The van der Waals surface area contributed by atoms with Crippen LogP contribution in [0.2, 0.25) is 0 Å². The molecule has 0 spiro atoms. The number of rotatable bonds is 2.